The Hall–Kier alpha value is -0.870. The Morgan fingerprint density at radius 2 is 2.00 bits per heavy atom. The Kier molecular flexibility index (Phi) is 2.10. The van der Waals surface area contributed by atoms with Gasteiger partial charge >= 0.3 is 21.1 Å². The van der Waals surface area contributed by atoms with E-state index >= 15 is 0 Å². The molecule has 0 aliphatic carbocycles. The molecule has 60 valence electrons. The molecular formula is C8H7N2S2+. The molecule has 0 N–H and O–H groups in total. The number of aromatic nitrogens is 2. The highest BCUT2D eigenvalue weighted by Crippen LogP contribution is 2.17. The first kappa shape index (κ1) is 7.76. The van der Waals surface area contributed by atoms with Gasteiger partial charge in [0.2, 0.25) is 5.82 Å². The highest BCUT2D eigenvalue weighted by Gasteiger charge is 2.08. The fourth-order valence-corrected chi connectivity index (χ4v) is 2.10. The average molecular weight is 195 g/mol. The van der Waals surface area contributed by atoms with Gasteiger partial charge in [-0.1, -0.05) is 29.8 Å². The summed E-state index contributed by atoms with van der Waals surface area (Å²) in [5, 5.41) is 0. The van der Waals surface area contributed by atoms with Crippen LogP contribution in [0, 0.1) is 6.92 Å². The molecule has 0 amide bonds. The van der Waals surface area contributed by atoms with Crippen molar-refractivity contribution in [3.63, 3.8) is 0 Å². The van der Waals surface area contributed by atoms with Crippen LogP contribution < -0.4 is 0 Å². The number of hydrogen-bond donors (Lipinski definition) is 0. The number of hydrogen-bond acceptors (Lipinski definition) is 3. The van der Waals surface area contributed by atoms with Crippen LogP contribution in [0.3, 0.4) is 0 Å². The molecule has 0 bridgehead atoms. The van der Waals surface area contributed by atoms with Crippen LogP contribution in [0.1, 0.15) is 5.56 Å². The molecular weight excluding hydrogens is 188 g/mol. The Balaban J connectivity index is 2.43. The lowest BCUT2D eigenvalue weighted by molar-refractivity contribution is 1.37. The maximum absolute atomic E-state index is 4.17. The van der Waals surface area contributed by atoms with Gasteiger partial charge in [0.25, 0.3) is 0 Å². The van der Waals surface area contributed by atoms with Crippen LogP contribution in [-0.4, -0.2) is 8.75 Å². The van der Waals surface area contributed by atoms with Crippen LogP contribution in [-0.2, 0) is 0 Å². The lowest BCUT2D eigenvalue weighted by atomic mass is 10.1. The van der Waals surface area contributed by atoms with Crippen LogP contribution >= 0.6 is 21.1 Å². The summed E-state index contributed by atoms with van der Waals surface area (Å²) < 4.78 is 8.33. The van der Waals surface area contributed by atoms with Crippen molar-refractivity contribution in [1.82, 2.24) is 8.75 Å². The second-order valence-electron chi connectivity index (χ2n) is 2.52. The molecule has 2 nitrogen and oxygen atoms in total. The van der Waals surface area contributed by atoms with E-state index in [1.807, 2.05) is 12.1 Å². The summed E-state index contributed by atoms with van der Waals surface area (Å²) in [5.74, 6) is 0.838. The SMILES string of the molecule is Cc1ccc(-c2ns[s+]n2)cc1. The molecule has 1 aromatic carbocycles. The molecule has 4 heteroatoms. The van der Waals surface area contributed by atoms with E-state index in [2.05, 4.69) is 27.8 Å². The second-order valence-corrected chi connectivity index (χ2v) is 4.08. The van der Waals surface area contributed by atoms with Crippen LogP contribution in [0.25, 0.3) is 11.4 Å². The van der Waals surface area contributed by atoms with Crippen molar-refractivity contribution < 1.29 is 0 Å². The number of nitrogens with zero attached hydrogens (tertiary/aromatic N) is 2. The highest BCUT2D eigenvalue weighted by molar-refractivity contribution is 7.64. The molecule has 0 aliphatic heterocycles. The number of aryl methyl sites for hydroxylation is 1. The van der Waals surface area contributed by atoms with E-state index in [1.54, 1.807) is 0 Å². The minimum absolute atomic E-state index is 0.838. The van der Waals surface area contributed by atoms with E-state index < -0.39 is 0 Å². The summed E-state index contributed by atoms with van der Waals surface area (Å²) in [6, 6.07) is 8.23. The number of benzene rings is 1. The smallest absolute Gasteiger partial charge is 0.112 e. The van der Waals surface area contributed by atoms with Gasteiger partial charge in [-0.05, 0) is 6.92 Å². The number of rotatable bonds is 1. The Labute approximate surface area is 78.2 Å². The van der Waals surface area contributed by atoms with Gasteiger partial charge in [-0.25, -0.2) is 0 Å². The van der Waals surface area contributed by atoms with Gasteiger partial charge in [0.1, 0.15) is 0 Å². The van der Waals surface area contributed by atoms with E-state index in [-0.39, 0.29) is 0 Å². The Morgan fingerprint density at radius 1 is 1.25 bits per heavy atom. The zero-order valence-corrected chi connectivity index (χ0v) is 8.15. The van der Waals surface area contributed by atoms with Crippen LogP contribution in [0.15, 0.2) is 24.3 Å². The van der Waals surface area contributed by atoms with Crippen LogP contribution in [0.2, 0.25) is 0 Å². The third-order valence-corrected chi connectivity index (χ3v) is 2.80. The standard InChI is InChI=1S/C8H7N2S2/c1-6-2-4-7(5-3-6)8-9-11-12-10-8/h2-5H,1H3/q+1. The molecule has 1 heterocycles. The molecule has 0 aliphatic rings. The average Bonchev–Trinajstić information content (AvgIpc) is 2.58. The quantitative estimate of drug-likeness (QED) is 0.516. The first-order valence-electron chi connectivity index (χ1n) is 3.55. The van der Waals surface area contributed by atoms with Crippen molar-refractivity contribution in [2.45, 2.75) is 6.92 Å². The maximum Gasteiger partial charge on any atom is 0.462 e. The molecule has 0 saturated heterocycles. The summed E-state index contributed by atoms with van der Waals surface area (Å²) in [6.07, 6.45) is 0. The van der Waals surface area contributed by atoms with E-state index in [1.165, 1.54) is 26.6 Å². The summed E-state index contributed by atoms with van der Waals surface area (Å²) >= 11 is 0. The zero-order valence-electron chi connectivity index (χ0n) is 6.52. The molecule has 0 atom stereocenters. The lowest BCUT2D eigenvalue weighted by Gasteiger charge is -1.92. The molecule has 12 heavy (non-hydrogen) atoms. The molecule has 2 aromatic rings. The minimum atomic E-state index is 0.838. The van der Waals surface area contributed by atoms with Crippen LogP contribution in [0.4, 0.5) is 0 Å². The van der Waals surface area contributed by atoms with E-state index in [9.17, 15) is 0 Å². The molecule has 0 fully saturated rings. The minimum Gasteiger partial charge on any atom is -0.112 e. The van der Waals surface area contributed by atoms with Gasteiger partial charge in [-0.3, -0.25) is 0 Å². The fourth-order valence-electron chi connectivity index (χ4n) is 0.929. The largest absolute Gasteiger partial charge is 0.462 e. The molecule has 1 aromatic heterocycles. The Morgan fingerprint density at radius 3 is 2.58 bits per heavy atom. The lowest BCUT2D eigenvalue weighted by Crippen LogP contribution is -1.78. The normalized spacial score (nSPS) is 10.1. The van der Waals surface area contributed by atoms with Crippen LogP contribution in [0.5, 0.6) is 0 Å². The topological polar surface area (TPSA) is 25.8 Å². The molecule has 0 radical (unpaired) electrons. The maximum atomic E-state index is 4.17. The summed E-state index contributed by atoms with van der Waals surface area (Å²) in [4.78, 5) is 0. The summed E-state index contributed by atoms with van der Waals surface area (Å²) in [7, 11) is 2.84. The third kappa shape index (κ3) is 1.49. The molecule has 2 rings (SSSR count). The predicted molar refractivity (Wildman–Crippen MR) is 52.4 cm³/mol. The van der Waals surface area contributed by atoms with Gasteiger partial charge in [-0.15, -0.1) is 4.37 Å². The van der Waals surface area contributed by atoms with Gasteiger partial charge in [0.15, 0.2) is 0 Å². The van der Waals surface area contributed by atoms with Gasteiger partial charge in [0, 0.05) is 5.56 Å². The summed E-state index contributed by atoms with van der Waals surface area (Å²) in [5.41, 5.74) is 2.36. The summed E-state index contributed by atoms with van der Waals surface area (Å²) in [6.45, 7) is 2.07. The first-order valence-corrected chi connectivity index (χ1v) is 5.61. The van der Waals surface area contributed by atoms with Gasteiger partial charge in [-0.2, -0.15) is 0 Å². The van der Waals surface area contributed by atoms with E-state index in [4.69, 9.17) is 0 Å². The predicted octanol–water partition coefficient (Wildman–Crippen LogP) is 2.86. The fraction of sp³-hybridized carbons (Fsp3) is 0.125. The van der Waals surface area contributed by atoms with E-state index in [0.29, 0.717) is 0 Å². The van der Waals surface area contributed by atoms with E-state index in [0.717, 1.165) is 11.4 Å². The molecule has 0 saturated carbocycles. The first-order chi connectivity index (χ1) is 5.86. The highest BCUT2D eigenvalue weighted by atomic mass is 32.9. The Bertz CT molecular complexity index is 353. The van der Waals surface area contributed by atoms with Crippen molar-refractivity contribution in [1.29, 1.82) is 0 Å². The van der Waals surface area contributed by atoms with Crippen molar-refractivity contribution in [2.75, 3.05) is 0 Å². The molecule has 0 unspecified atom stereocenters. The van der Waals surface area contributed by atoms with Crippen molar-refractivity contribution in [3.8, 4) is 11.4 Å². The zero-order chi connectivity index (χ0) is 8.39. The van der Waals surface area contributed by atoms with Crippen molar-refractivity contribution in [3.05, 3.63) is 29.8 Å². The van der Waals surface area contributed by atoms with Gasteiger partial charge in [0.05, 0.1) is 4.37 Å². The monoisotopic (exact) mass is 195 g/mol. The third-order valence-electron chi connectivity index (χ3n) is 1.59. The van der Waals surface area contributed by atoms with Gasteiger partial charge < -0.3 is 0 Å². The second kappa shape index (κ2) is 3.25. The molecule has 0 spiro atoms. The van der Waals surface area contributed by atoms with Crippen molar-refractivity contribution >= 4 is 21.1 Å². The van der Waals surface area contributed by atoms with Crippen molar-refractivity contribution in [2.24, 2.45) is 0 Å².